The van der Waals surface area contributed by atoms with Crippen LogP contribution in [0.5, 0.6) is 0 Å². The van der Waals surface area contributed by atoms with Gasteiger partial charge in [0.1, 0.15) is 5.82 Å². The first-order valence-electron chi connectivity index (χ1n) is 6.75. The number of pyridine rings is 1. The first-order chi connectivity index (χ1) is 10.2. The van der Waals surface area contributed by atoms with Gasteiger partial charge < -0.3 is 4.74 Å². The third-order valence-electron chi connectivity index (χ3n) is 3.64. The highest BCUT2D eigenvalue weighted by Crippen LogP contribution is 2.36. The predicted octanol–water partition coefficient (Wildman–Crippen LogP) is 3.16. The standard InChI is InChI=1S/C17H14FNO2/c18-15-3-1-14(2-4-15)17(10-6-16(20)21-17)9-5-13-7-11-19-12-8-13/h1-4,6-8,10-12H,5,9H2. The first-order valence-corrected chi connectivity index (χ1v) is 6.75. The first kappa shape index (κ1) is 13.5. The Kier molecular flexibility index (Phi) is 3.52. The van der Waals surface area contributed by atoms with E-state index < -0.39 is 5.60 Å². The van der Waals surface area contributed by atoms with E-state index in [1.807, 2.05) is 12.1 Å². The molecule has 4 heteroatoms. The van der Waals surface area contributed by atoms with Crippen LogP contribution in [0.4, 0.5) is 4.39 Å². The highest BCUT2D eigenvalue weighted by Gasteiger charge is 2.37. The average Bonchev–Trinajstić information content (AvgIpc) is 2.90. The number of esters is 1. The molecule has 3 nitrogen and oxygen atoms in total. The molecule has 1 unspecified atom stereocenters. The van der Waals surface area contributed by atoms with Gasteiger partial charge in [-0.05, 0) is 54.3 Å². The normalized spacial score (nSPS) is 20.5. The second kappa shape index (κ2) is 5.48. The SMILES string of the molecule is O=C1C=CC(CCc2ccncc2)(c2ccc(F)cc2)O1. The van der Waals surface area contributed by atoms with Gasteiger partial charge in [0.15, 0.2) is 5.60 Å². The molecule has 1 aliphatic heterocycles. The maximum absolute atomic E-state index is 13.1. The summed E-state index contributed by atoms with van der Waals surface area (Å²) >= 11 is 0. The predicted molar refractivity (Wildman–Crippen MR) is 75.9 cm³/mol. The molecule has 0 bridgehead atoms. The lowest BCUT2D eigenvalue weighted by molar-refractivity contribution is -0.146. The fourth-order valence-electron chi connectivity index (χ4n) is 2.50. The minimum absolute atomic E-state index is 0.309. The third kappa shape index (κ3) is 2.84. The molecule has 3 rings (SSSR count). The second-order valence-electron chi connectivity index (χ2n) is 5.01. The van der Waals surface area contributed by atoms with Gasteiger partial charge in [-0.2, -0.15) is 0 Å². The molecule has 1 aliphatic rings. The number of benzene rings is 1. The minimum atomic E-state index is -0.811. The van der Waals surface area contributed by atoms with Crippen LogP contribution < -0.4 is 0 Å². The van der Waals surface area contributed by atoms with Gasteiger partial charge in [0.05, 0.1) is 0 Å². The van der Waals surface area contributed by atoms with Crippen LogP contribution >= 0.6 is 0 Å². The minimum Gasteiger partial charge on any atom is -0.447 e. The zero-order chi connectivity index (χ0) is 14.7. The van der Waals surface area contributed by atoms with Gasteiger partial charge in [0.25, 0.3) is 0 Å². The highest BCUT2D eigenvalue weighted by molar-refractivity contribution is 5.85. The molecule has 1 atom stereocenters. The van der Waals surface area contributed by atoms with E-state index in [9.17, 15) is 9.18 Å². The Bertz CT molecular complexity index is 667. The summed E-state index contributed by atoms with van der Waals surface area (Å²) in [5.74, 6) is -0.676. The fraction of sp³-hybridized carbons (Fsp3) is 0.176. The number of aryl methyl sites for hydroxylation is 1. The van der Waals surface area contributed by atoms with Gasteiger partial charge in [-0.1, -0.05) is 12.1 Å². The van der Waals surface area contributed by atoms with Crippen molar-refractivity contribution in [2.45, 2.75) is 18.4 Å². The molecule has 1 aromatic heterocycles. The molecular formula is C17H14FNO2. The van der Waals surface area contributed by atoms with Crippen molar-refractivity contribution in [1.82, 2.24) is 4.98 Å². The maximum atomic E-state index is 13.1. The lowest BCUT2D eigenvalue weighted by Gasteiger charge is -2.27. The largest absolute Gasteiger partial charge is 0.447 e. The van der Waals surface area contributed by atoms with E-state index in [2.05, 4.69) is 4.98 Å². The maximum Gasteiger partial charge on any atom is 0.331 e. The number of nitrogens with zero attached hydrogens (tertiary/aromatic N) is 1. The average molecular weight is 283 g/mol. The Morgan fingerprint density at radius 3 is 2.43 bits per heavy atom. The van der Waals surface area contributed by atoms with Gasteiger partial charge in [-0.3, -0.25) is 4.98 Å². The summed E-state index contributed by atoms with van der Waals surface area (Å²) in [7, 11) is 0. The number of cyclic esters (lactones) is 1. The number of carbonyl (C=O) groups is 1. The lowest BCUT2D eigenvalue weighted by atomic mass is 9.88. The van der Waals surface area contributed by atoms with Crippen LogP contribution in [-0.2, 0) is 21.6 Å². The van der Waals surface area contributed by atoms with Crippen LogP contribution in [0.3, 0.4) is 0 Å². The van der Waals surface area contributed by atoms with Crippen LogP contribution in [0.2, 0.25) is 0 Å². The zero-order valence-corrected chi connectivity index (χ0v) is 11.3. The summed E-state index contributed by atoms with van der Waals surface area (Å²) in [6.45, 7) is 0. The number of halogens is 1. The Morgan fingerprint density at radius 2 is 1.81 bits per heavy atom. The van der Waals surface area contributed by atoms with E-state index >= 15 is 0 Å². The Labute approximate surface area is 122 Å². The Morgan fingerprint density at radius 1 is 1.10 bits per heavy atom. The molecule has 0 N–H and O–H groups in total. The molecular weight excluding hydrogens is 269 g/mol. The van der Waals surface area contributed by atoms with E-state index in [0.29, 0.717) is 6.42 Å². The van der Waals surface area contributed by atoms with Crippen molar-refractivity contribution in [1.29, 1.82) is 0 Å². The lowest BCUT2D eigenvalue weighted by Crippen LogP contribution is -2.26. The summed E-state index contributed by atoms with van der Waals surface area (Å²) < 4.78 is 18.6. The molecule has 2 aromatic rings. The monoisotopic (exact) mass is 283 g/mol. The van der Waals surface area contributed by atoms with Gasteiger partial charge in [-0.25, -0.2) is 9.18 Å². The molecule has 0 amide bonds. The second-order valence-corrected chi connectivity index (χ2v) is 5.01. The van der Waals surface area contributed by atoms with Crippen molar-refractivity contribution in [2.24, 2.45) is 0 Å². The smallest absolute Gasteiger partial charge is 0.331 e. The summed E-state index contributed by atoms with van der Waals surface area (Å²) in [5.41, 5.74) is 1.08. The Balaban J connectivity index is 1.86. The van der Waals surface area contributed by atoms with E-state index in [0.717, 1.165) is 17.5 Å². The van der Waals surface area contributed by atoms with Gasteiger partial charge in [-0.15, -0.1) is 0 Å². The summed E-state index contributed by atoms with van der Waals surface area (Å²) in [6.07, 6.45) is 7.98. The number of hydrogen-bond donors (Lipinski definition) is 0. The Hall–Kier alpha value is -2.49. The van der Waals surface area contributed by atoms with Crippen LogP contribution in [0.25, 0.3) is 0 Å². The van der Waals surface area contributed by atoms with Crippen molar-refractivity contribution >= 4 is 5.97 Å². The van der Waals surface area contributed by atoms with Crippen LogP contribution in [0.15, 0.2) is 60.9 Å². The molecule has 106 valence electrons. The molecule has 2 heterocycles. The molecule has 0 fully saturated rings. The molecule has 0 saturated carbocycles. The van der Waals surface area contributed by atoms with Gasteiger partial charge in [0.2, 0.25) is 0 Å². The summed E-state index contributed by atoms with van der Waals surface area (Å²) in [4.78, 5) is 15.5. The molecule has 0 radical (unpaired) electrons. The van der Waals surface area contributed by atoms with Gasteiger partial charge in [0, 0.05) is 18.5 Å². The highest BCUT2D eigenvalue weighted by atomic mass is 19.1. The zero-order valence-electron chi connectivity index (χ0n) is 11.3. The van der Waals surface area contributed by atoms with Crippen molar-refractivity contribution < 1.29 is 13.9 Å². The topological polar surface area (TPSA) is 39.2 Å². The molecule has 1 aromatic carbocycles. The number of hydrogen-bond acceptors (Lipinski definition) is 3. The number of aromatic nitrogens is 1. The van der Waals surface area contributed by atoms with E-state index in [1.165, 1.54) is 18.2 Å². The van der Waals surface area contributed by atoms with E-state index in [1.54, 1.807) is 30.6 Å². The van der Waals surface area contributed by atoms with Crippen molar-refractivity contribution in [3.8, 4) is 0 Å². The number of carbonyl (C=O) groups excluding carboxylic acids is 1. The van der Waals surface area contributed by atoms with Crippen LogP contribution in [-0.4, -0.2) is 11.0 Å². The third-order valence-corrected chi connectivity index (χ3v) is 3.64. The van der Waals surface area contributed by atoms with Crippen molar-refractivity contribution in [3.05, 3.63) is 77.9 Å². The van der Waals surface area contributed by atoms with E-state index in [4.69, 9.17) is 4.74 Å². The van der Waals surface area contributed by atoms with Crippen LogP contribution in [0, 0.1) is 5.82 Å². The fourth-order valence-corrected chi connectivity index (χ4v) is 2.50. The van der Waals surface area contributed by atoms with Crippen LogP contribution in [0.1, 0.15) is 17.5 Å². The number of rotatable bonds is 4. The molecule has 0 aliphatic carbocycles. The number of ether oxygens (including phenoxy) is 1. The van der Waals surface area contributed by atoms with Crippen molar-refractivity contribution in [3.63, 3.8) is 0 Å². The summed E-state index contributed by atoms with van der Waals surface area (Å²) in [5, 5.41) is 0. The van der Waals surface area contributed by atoms with Crippen molar-refractivity contribution in [2.75, 3.05) is 0 Å². The molecule has 21 heavy (non-hydrogen) atoms. The quantitative estimate of drug-likeness (QED) is 0.809. The van der Waals surface area contributed by atoms with Gasteiger partial charge >= 0.3 is 5.97 Å². The molecule has 0 spiro atoms. The van der Waals surface area contributed by atoms with E-state index in [-0.39, 0.29) is 11.8 Å². The molecule has 0 saturated heterocycles. The summed E-state index contributed by atoms with van der Waals surface area (Å²) in [6, 6.07) is 9.93.